The Hall–Kier alpha value is -0.910. The van der Waals surface area contributed by atoms with Crippen molar-refractivity contribution in [3.63, 3.8) is 0 Å². The molecule has 0 amide bonds. The lowest BCUT2D eigenvalue weighted by Gasteiger charge is -2.26. The highest BCUT2D eigenvalue weighted by Gasteiger charge is 2.23. The van der Waals surface area contributed by atoms with Crippen molar-refractivity contribution in [2.24, 2.45) is 5.92 Å². The highest BCUT2D eigenvalue weighted by atomic mass is 32.2. The predicted molar refractivity (Wildman–Crippen MR) is 86.4 cm³/mol. The summed E-state index contributed by atoms with van der Waals surface area (Å²) in [5.41, 5.74) is 1.95. The summed E-state index contributed by atoms with van der Waals surface area (Å²) in [4.78, 5) is 0. The van der Waals surface area contributed by atoms with Crippen molar-refractivity contribution in [3.8, 4) is 0 Å². The van der Waals surface area contributed by atoms with Crippen LogP contribution in [0, 0.1) is 5.92 Å². The molecule has 4 nitrogen and oxygen atoms in total. The maximum absolute atomic E-state index is 12.3. The number of hydrogen-bond acceptors (Lipinski definition) is 3. The van der Waals surface area contributed by atoms with E-state index in [0.717, 1.165) is 49.3 Å². The van der Waals surface area contributed by atoms with Crippen LogP contribution in [-0.4, -0.2) is 21.5 Å². The molecule has 118 valence electrons. The molecule has 0 aliphatic heterocycles. The number of rotatable bonds is 6. The minimum Gasteiger partial charge on any atom is -0.316 e. The Morgan fingerprint density at radius 2 is 1.81 bits per heavy atom. The third-order valence-corrected chi connectivity index (χ3v) is 5.50. The third kappa shape index (κ3) is 5.41. The summed E-state index contributed by atoms with van der Waals surface area (Å²) >= 11 is 0. The lowest BCUT2D eigenvalue weighted by atomic mass is 9.88. The molecule has 1 aromatic rings. The smallest absolute Gasteiger partial charge is 0.216 e. The fourth-order valence-electron chi connectivity index (χ4n) is 2.93. The summed E-state index contributed by atoms with van der Waals surface area (Å²) in [7, 11) is -1.37. The second-order valence-corrected chi connectivity index (χ2v) is 7.94. The lowest BCUT2D eigenvalue weighted by Crippen LogP contribution is -2.38. The van der Waals surface area contributed by atoms with Crippen LogP contribution >= 0.6 is 0 Å². The molecule has 0 unspecified atom stereocenters. The van der Waals surface area contributed by atoms with Crippen LogP contribution < -0.4 is 10.0 Å². The summed E-state index contributed by atoms with van der Waals surface area (Å²) in [6, 6.07) is 7.87. The Balaban J connectivity index is 1.95. The Morgan fingerprint density at radius 1 is 1.14 bits per heavy atom. The maximum atomic E-state index is 12.3. The van der Waals surface area contributed by atoms with Gasteiger partial charge in [-0.1, -0.05) is 31.2 Å². The summed E-state index contributed by atoms with van der Waals surface area (Å²) in [5, 5.41) is 3.08. The van der Waals surface area contributed by atoms with Gasteiger partial charge in [-0.15, -0.1) is 0 Å². The van der Waals surface area contributed by atoms with E-state index >= 15 is 0 Å². The molecule has 2 N–H and O–H groups in total. The molecule has 0 atom stereocenters. The number of benzene rings is 1. The molecule has 0 radical (unpaired) electrons. The van der Waals surface area contributed by atoms with Crippen LogP contribution in [0.25, 0.3) is 0 Å². The van der Waals surface area contributed by atoms with E-state index in [1.54, 1.807) is 0 Å². The van der Waals surface area contributed by atoms with E-state index in [1.807, 2.05) is 31.3 Å². The van der Waals surface area contributed by atoms with Gasteiger partial charge >= 0.3 is 0 Å². The second-order valence-electron chi connectivity index (χ2n) is 6.18. The molecule has 1 fully saturated rings. The SMILES string of the molecule is CNCc1cccc(CS(=O)(=O)NC2CCC(C)CC2)c1. The Labute approximate surface area is 128 Å². The van der Waals surface area contributed by atoms with Crippen molar-refractivity contribution >= 4 is 10.0 Å². The summed E-state index contributed by atoms with van der Waals surface area (Å²) in [5.74, 6) is 0.792. The molecule has 1 aliphatic carbocycles. The summed E-state index contributed by atoms with van der Waals surface area (Å²) in [6.45, 7) is 2.99. The van der Waals surface area contributed by atoms with E-state index in [4.69, 9.17) is 0 Å². The van der Waals surface area contributed by atoms with Gasteiger partial charge in [-0.25, -0.2) is 13.1 Å². The van der Waals surface area contributed by atoms with Crippen molar-refractivity contribution in [2.45, 2.75) is 50.9 Å². The van der Waals surface area contributed by atoms with Crippen LogP contribution in [0.2, 0.25) is 0 Å². The summed E-state index contributed by atoms with van der Waals surface area (Å²) in [6.07, 6.45) is 4.15. The first kappa shape index (κ1) is 16.5. The molecular weight excluding hydrogens is 284 g/mol. The average Bonchev–Trinajstić information content (AvgIpc) is 2.41. The van der Waals surface area contributed by atoms with Gasteiger partial charge in [-0.05, 0) is 49.8 Å². The third-order valence-electron chi connectivity index (χ3n) is 4.09. The quantitative estimate of drug-likeness (QED) is 0.848. The molecule has 0 bridgehead atoms. The molecule has 2 rings (SSSR count). The van der Waals surface area contributed by atoms with Gasteiger partial charge in [0.05, 0.1) is 5.75 Å². The first-order valence-corrected chi connectivity index (χ1v) is 9.36. The normalized spacial score (nSPS) is 23.1. The number of sulfonamides is 1. The van der Waals surface area contributed by atoms with Crippen LogP contribution in [-0.2, 0) is 22.3 Å². The minimum atomic E-state index is -3.25. The molecule has 1 aliphatic rings. The van der Waals surface area contributed by atoms with Gasteiger partial charge in [0.2, 0.25) is 10.0 Å². The molecule has 0 spiro atoms. The van der Waals surface area contributed by atoms with Crippen molar-refractivity contribution in [3.05, 3.63) is 35.4 Å². The molecule has 0 heterocycles. The van der Waals surface area contributed by atoms with Gasteiger partial charge in [0.25, 0.3) is 0 Å². The predicted octanol–water partition coefficient (Wildman–Crippen LogP) is 2.40. The molecule has 1 aromatic carbocycles. The maximum Gasteiger partial charge on any atom is 0.216 e. The Kier molecular flexibility index (Phi) is 5.79. The van der Waals surface area contributed by atoms with Crippen LogP contribution in [0.3, 0.4) is 0 Å². The van der Waals surface area contributed by atoms with E-state index in [2.05, 4.69) is 17.0 Å². The zero-order valence-corrected chi connectivity index (χ0v) is 13.7. The van der Waals surface area contributed by atoms with Gasteiger partial charge in [-0.2, -0.15) is 0 Å². The van der Waals surface area contributed by atoms with E-state index < -0.39 is 10.0 Å². The zero-order chi connectivity index (χ0) is 15.3. The van der Waals surface area contributed by atoms with Gasteiger partial charge in [0.1, 0.15) is 0 Å². The minimum absolute atomic E-state index is 0.0661. The standard InChI is InChI=1S/C16H26N2O2S/c1-13-6-8-16(9-7-13)18-21(19,20)12-15-5-3-4-14(10-15)11-17-2/h3-5,10,13,16-18H,6-9,11-12H2,1-2H3. The van der Waals surface area contributed by atoms with Crippen LogP contribution in [0.5, 0.6) is 0 Å². The van der Waals surface area contributed by atoms with Crippen molar-refractivity contribution in [2.75, 3.05) is 7.05 Å². The van der Waals surface area contributed by atoms with Crippen LogP contribution in [0.1, 0.15) is 43.7 Å². The van der Waals surface area contributed by atoms with Gasteiger partial charge in [0.15, 0.2) is 0 Å². The van der Waals surface area contributed by atoms with Crippen molar-refractivity contribution < 1.29 is 8.42 Å². The zero-order valence-electron chi connectivity index (χ0n) is 12.9. The molecule has 21 heavy (non-hydrogen) atoms. The fourth-order valence-corrected chi connectivity index (χ4v) is 4.37. The fraction of sp³-hybridized carbons (Fsp3) is 0.625. The van der Waals surface area contributed by atoms with E-state index in [1.165, 1.54) is 0 Å². The largest absolute Gasteiger partial charge is 0.316 e. The van der Waals surface area contributed by atoms with E-state index in [0.29, 0.717) is 0 Å². The average molecular weight is 310 g/mol. The van der Waals surface area contributed by atoms with Gasteiger partial charge in [0, 0.05) is 12.6 Å². The highest BCUT2D eigenvalue weighted by molar-refractivity contribution is 7.88. The lowest BCUT2D eigenvalue weighted by molar-refractivity contribution is 0.332. The second kappa shape index (κ2) is 7.38. The van der Waals surface area contributed by atoms with Crippen molar-refractivity contribution in [1.29, 1.82) is 0 Å². The molecular formula is C16H26N2O2S. The van der Waals surface area contributed by atoms with E-state index in [9.17, 15) is 8.42 Å². The van der Waals surface area contributed by atoms with Gasteiger partial charge < -0.3 is 5.32 Å². The first-order chi connectivity index (χ1) is 9.98. The monoisotopic (exact) mass is 310 g/mol. The number of hydrogen-bond donors (Lipinski definition) is 2. The number of nitrogens with one attached hydrogen (secondary N) is 2. The topological polar surface area (TPSA) is 58.2 Å². The summed E-state index contributed by atoms with van der Waals surface area (Å²) < 4.78 is 27.5. The van der Waals surface area contributed by atoms with Crippen LogP contribution in [0.15, 0.2) is 24.3 Å². The first-order valence-electron chi connectivity index (χ1n) is 7.71. The molecule has 0 aromatic heterocycles. The Morgan fingerprint density at radius 3 is 2.48 bits per heavy atom. The molecule has 1 saturated carbocycles. The molecule has 5 heteroatoms. The highest BCUT2D eigenvalue weighted by Crippen LogP contribution is 2.24. The van der Waals surface area contributed by atoms with Gasteiger partial charge in [-0.3, -0.25) is 0 Å². The van der Waals surface area contributed by atoms with Crippen LogP contribution in [0.4, 0.5) is 0 Å². The van der Waals surface area contributed by atoms with Crippen molar-refractivity contribution in [1.82, 2.24) is 10.0 Å². The van der Waals surface area contributed by atoms with E-state index in [-0.39, 0.29) is 11.8 Å². The Bertz CT molecular complexity index is 549. The molecule has 0 saturated heterocycles.